The molecular formula is C22H22N4O2. The summed E-state index contributed by atoms with van der Waals surface area (Å²) in [5, 5.41) is 3.89. The smallest absolute Gasteiger partial charge is 0.273 e. The van der Waals surface area contributed by atoms with Crippen LogP contribution in [-0.2, 0) is 4.79 Å². The number of hydrogen-bond acceptors (Lipinski definition) is 3. The highest BCUT2D eigenvalue weighted by Crippen LogP contribution is 2.26. The van der Waals surface area contributed by atoms with E-state index in [4.69, 9.17) is 0 Å². The van der Waals surface area contributed by atoms with E-state index in [0.29, 0.717) is 5.65 Å². The fraction of sp³-hybridized carbons (Fsp3) is 0.227. The molecule has 28 heavy (non-hydrogen) atoms. The number of nitrogens with zero attached hydrogens (tertiary/aromatic N) is 3. The van der Waals surface area contributed by atoms with Crippen LogP contribution in [0.5, 0.6) is 0 Å². The standard InChI is InChI=1S/C22H22N4O2/c1-13-8-7-10-18(15(13)3)23-22(28)16(4)26-19-11-6-5-9-17(19)21-24-20(27)12-14(2)25(21)26/h5-12,16H,1-4H3,(H,23,28)/t16-/m1/s1. The fourth-order valence-electron chi connectivity index (χ4n) is 3.62. The minimum atomic E-state index is -0.509. The van der Waals surface area contributed by atoms with Crippen molar-refractivity contribution in [2.45, 2.75) is 33.7 Å². The average molecular weight is 374 g/mol. The molecule has 0 fully saturated rings. The molecule has 0 bridgehead atoms. The topological polar surface area (TPSA) is 68.4 Å². The minimum Gasteiger partial charge on any atom is -0.324 e. The molecule has 0 aliphatic rings. The van der Waals surface area contributed by atoms with E-state index in [1.807, 2.05) is 79.4 Å². The van der Waals surface area contributed by atoms with Crippen LogP contribution in [0.15, 0.2) is 53.3 Å². The van der Waals surface area contributed by atoms with Gasteiger partial charge in [0.15, 0.2) is 5.65 Å². The van der Waals surface area contributed by atoms with Gasteiger partial charge in [-0.2, -0.15) is 4.98 Å². The molecule has 4 aromatic rings. The van der Waals surface area contributed by atoms with Gasteiger partial charge in [-0.3, -0.25) is 14.3 Å². The van der Waals surface area contributed by atoms with Gasteiger partial charge in [-0.1, -0.05) is 24.3 Å². The van der Waals surface area contributed by atoms with E-state index in [9.17, 15) is 9.59 Å². The fourth-order valence-corrected chi connectivity index (χ4v) is 3.62. The minimum absolute atomic E-state index is 0.130. The molecule has 1 atom stereocenters. The van der Waals surface area contributed by atoms with Crippen molar-refractivity contribution in [3.8, 4) is 0 Å². The third-order valence-corrected chi connectivity index (χ3v) is 5.30. The summed E-state index contributed by atoms with van der Waals surface area (Å²) in [4.78, 5) is 29.3. The third kappa shape index (κ3) is 2.78. The zero-order valence-electron chi connectivity index (χ0n) is 16.4. The summed E-state index contributed by atoms with van der Waals surface area (Å²) in [6.07, 6.45) is 0. The molecule has 0 aliphatic carbocycles. The second-order valence-corrected chi connectivity index (χ2v) is 7.15. The molecule has 4 rings (SSSR count). The number of anilines is 1. The lowest BCUT2D eigenvalue weighted by Crippen LogP contribution is -2.27. The Bertz CT molecular complexity index is 1280. The van der Waals surface area contributed by atoms with E-state index < -0.39 is 6.04 Å². The monoisotopic (exact) mass is 374 g/mol. The molecule has 0 spiro atoms. The van der Waals surface area contributed by atoms with Gasteiger partial charge in [0.05, 0.1) is 5.52 Å². The molecule has 2 heterocycles. The van der Waals surface area contributed by atoms with E-state index in [2.05, 4.69) is 10.3 Å². The first-order valence-electron chi connectivity index (χ1n) is 9.25. The van der Waals surface area contributed by atoms with Crippen molar-refractivity contribution >= 4 is 28.1 Å². The molecule has 0 saturated carbocycles. The molecule has 0 unspecified atom stereocenters. The van der Waals surface area contributed by atoms with Gasteiger partial charge < -0.3 is 5.32 Å². The highest BCUT2D eigenvalue weighted by molar-refractivity contribution is 5.97. The lowest BCUT2D eigenvalue weighted by atomic mass is 10.1. The summed E-state index contributed by atoms with van der Waals surface area (Å²) in [7, 11) is 0. The van der Waals surface area contributed by atoms with Crippen molar-refractivity contribution < 1.29 is 4.79 Å². The van der Waals surface area contributed by atoms with Gasteiger partial charge in [0.25, 0.3) is 5.56 Å². The Morgan fingerprint density at radius 3 is 2.61 bits per heavy atom. The predicted octanol–water partition coefficient (Wildman–Crippen LogP) is 3.77. The Hall–Kier alpha value is -3.41. The summed E-state index contributed by atoms with van der Waals surface area (Å²) in [5.41, 5.74) is 4.84. The van der Waals surface area contributed by atoms with E-state index in [-0.39, 0.29) is 11.5 Å². The number of carbonyl (C=O) groups is 1. The summed E-state index contributed by atoms with van der Waals surface area (Å²) in [6, 6.07) is 14.5. The van der Waals surface area contributed by atoms with Crippen LogP contribution in [0.3, 0.4) is 0 Å². The van der Waals surface area contributed by atoms with E-state index in [1.54, 1.807) is 0 Å². The average Bonchev–Trinajstić information content (AvgIpc) is 2.99. The van der Waals surface area contributed by atoms with Gasteiger partial charge in [0, 0.05) is 22.8 Å². The van der Waals surface area contributed by atoms with Gasteiger partial charge in [0.1, 0.15) is 6.04 Å². The first kappa shape index (κ1) is 18.0. The van der Waals surface area contributed by atoms with Gasteiger partial charge in [-0.15, -0.1) is 0 Å². The number of benzene rings is 2. The number of para-hydroxylation sites is 1. The van der Waals surface area contributed by atoms with Crippen molar-refractivity contribution in [1.82, 2.24) is 14.2 Å². The molecule has 1 N–H and O–H groups in total. The third-order valence-electron chi connectivity index (χ3n) is 5.30. The highest BCUT2D eigenvalue weighted by atomic mass is 16.2. The quantitative estimate of drug-likeness (QED) is 0.593. The number of nitrogens with one attached hydrogen (secondary N) is 1. The van der Waals surface area contributed by atoms with Crippen LogP contribution >= 0.6 is 0 Å². The number of amides is 1. The van der Waals surface area contributed by atoms with Crippen LogP contribution in [0.4, 0.5) is 5.69 Å². The Morgan fingerprint density at radius 2 is 1.82 bits per heavy atom. The molecule has 2 aromatic heterocycles. The molecule has 0 saturated heterocycles. The Kier molecular flexibility index (Phi) is 4.26. The lowest BCUT2D eigenvalue weighted by Gasteiger charge is -2.19. The largest absolute Gasteiger partial charge is 0.324 e. The van der Waals surface area contributed by atoms with Crippen LogP contribution in [0.2, 0.25) is 0 Å². The number of aryl methyl sites for hydroxylation is 2. The number of aromatic nitrogens is 3. The number of hydrogen-bond donors (Lipinski definition) is 1. The SMILES string of the molecule is Cc1cccc(NC(=O)[C@@H](C)n2c3ccccc3c3nc(=O)cc(C)n32)c1C. The summed E-state index contributed by atoms with van der Waals surface area (Å²) in [6.45, 7) is 7.71. The van der Waals surface area contributed by atoms with Crippen molar-refractivity contribution in [2.75, 3.05) is 5.32 Å². The van der Waals surface area contributed by atoms with Crippen molar-refractivity contribution in [3.05, 3.63) is 75.7 Å². The molecule has 6 heteroatoms. The maximum Gasteiger partial charge on any atom is 0.273 e. The first-order valence-corrected chi connectivity index (χ1v) is 9.25. The zero-order valence-corrected chi connectivity index (χ0v) is 16.4. The van der Waals surface area contributed by atoms with Crippen molar-refractivity contribution in [2.24, 2.45) is 0 Å². The molecular weight excluding hydrogens is 352 g/mol. The molecule has 6 nitrogen and oxygen atoms in total. The summed E-state index contributed by atoms with van der Waals surface area (Å²) >= 11 is 0. The van der Waals surface area contributed by atoms with Gasteiger partial charge in [0.2, 0.25) is 5.91 Å². The Labute approximate surface area is 162 Å². The van der Waals surface area contributed by atoms with Crippen LogP contribution in [-0.4, -0.2) is 20.1 Å². The molecule has 0 radical (unpaired) electrons. The molecule has 0 aliphatic heterocycles. The second kappa shape index (κ2) is 6.64. The number of rotatable bonds is 3. The second-order valence-electron chi connectivity index (χ2n) is 7.15. The summed E-state index contributed by atoms with van der Waals surface area (Å²) < 4.78 is 3.74. The normalized spacial score (nSPS) is 12.4. The maximum atomic E-state index is 13.1. The zero-order chi connectivity index (χ0) is 20.0. The van der Waals surface area contributed by atoms with Crippen LogP contribution in [0, 0.1) is 20.8 Å². The van der Waals surface area contributed by atoms with Crippen molar-refractivity contribution in [1.29, 1.82) is 0 Å². The van der Waals surface area contributed by atoms with Crippen LogP contribution < -0.4 is 10.9 Å². The predicted molar refractivity (Wildman–Crippen MR) is 111 cm³/mol. The lowest BCUT2D eigenvalue weighted by molar-refractivity contribution is -0.119. The van der Waals surface area contributed by atoms with Gasteiger partial charge >= 0.3 is 0 Å². The van der Waals surface area contributed by atoms with Crippen molar-refractivity contribution in [3.63, 3.8) is 0 Å². The van der Waals surface area contributed by atoms with Gasteiger partial charge in [-0.05, 0) is 57.0 Å². The Morgan fingerprint density at radius 1 is 1.07 bits per heavy atom. The Balaban J connectivity index is 1.86. The molecule has 142 valence electrons. The van der Waals surface area contributed by atoms with Crippen LogP contribution in [0.1, 0.15) is 29.8 Å². The first-order chi connectivity index (χ1) is 13.4. The van der Waals surface area contributed by atoms with Crippen LogP contribution in [0.25, 0.3) is 16.6 Å². The van der Waals surface area contributed by atoms with Gasteiger partial charge in [-0.25, -0.2) is 4.52 Å². The number of fused-ring (bicyclic) bond motifs is 3. The van der Waals surface area contributed by atoms with E-state index >= 15 is 0 Å². The van der Waals surface area contributed by atoms with E-state index in [0.717, 1.165) is 33.4 Å². The molecule has 2 aromatic carbocycles. The maximum absolute atomic E-state index is 13.1. The molecule has 1 amide bonds. The summed E-state index contributed by atoms with van der Waals surface area (Å²) in [5.74, 6) is -0.130. The number of carbonyl (C=O) groups excluding carboxylic acids is 1. The highest BCUT2D eigenvalue weighted by Gasteiger charge is 2.22. The van der Waals surface area contributed by atoms with E-state index in [1.165, 1.54) is 6.07 Å².